The fraction of sp³-hybridized carbons (Fsp3) is 0.467. The van der Waals surface area contributed by atoms with Gasteiger partial charge in [0.05, 0.1) is 6.04 Å². The molecule has 1 unspecified atom stereocenters. The van der Waals surface area contributed by atoms with Crippen molar-refractivity contribution in [2.75, 3.05) is 17.2 Å². The molecule has 106 valence electrons. The van der Waals surface area contributed by atoms with Gasteiger partial charge in [0.25, 0.3) is 0 Å². The first kappa shape index (κ1) is 13.1. The molecular weight excluding hydrogens is 254 g/mol. The third-order valence-electron chi connectivity index (χ3n) is 3.87. The van der Waals surface area contributed by atoms with Gasteiger partial charge in [-0.1, -0.05) is 0 Å². The molecule has 0 saturated carbocycles. The minimum atomic E-state index is -0.0755. The molecule has 1 aromatic carbocycles. The molecule has 5 nitrogen and oxygen atoms in total. The van der Waals surface area contributed by atoms with E-state index in [4.69, 9.17) is 0 Å². The first-order chi connectivity index (χ1) is 9.72. The zero-order valence-corrected chi connectivity index (χ0v) is 11.4. The third-order valence-corrected chi connectivity index (χ3v) is 3.87. The number of hydrogen-bond acceptors (Lipinski definition) is 3. The van der Waals surface area contributed by atoms with Gasteiger partial charge in [-0.25, -0.2) is 0 Å². The topological polar surface area (TPSA) is 70.2 Å². The number of benzene rings is 1. The largest absolute Gasteiger partial charge is 0.326 e. The summed E-state index contributed by atoms with van der Waals surface area (Å²) in [6.07, 6.45) is 4.21. The molecule has 0 bridgehead atoms. The quantitative estimate of drug-likeness (QED) is 0.767. The lowest BCUT2D eigenvalue weighted by molar-refractivity contribution is -0.118. The normalized spacial score (nSPS) is 21.8. The lowest BCUT2D eigenvalue weighted by Gasteiger charge is -2.13. The highest BCUT2D eigenvalue weighted by molar-refractivity contribution is 5.96. The van der Waals surface area contributed by atoms with Crippen molar-refractivity contribution in [2.45, 2.75) is 38.1 Å². The molecule has 0 aromatic heterocycles. The molecule has 1 saturated heterocycles. The first-order valence-corrected chi connectivity index (χ1v) is 7.19. The molecule has 0 spiro atoms. The fourth-order valence-electron chi connectivity index (χ4n) is 2.79. The second kappa shape index (κ2) is 5.63. The van der Waals surface area contributed by atoms with Crippen molar-refractivity contribution in [1.29, 1.82) is 0 Å². The molecule has 3 rings (SSSR count). The molecule has 1 aromatic rings. The van der Waals surface area contributed by atoms with Crippen LogP contribution in [-0.2, 0) is 16.0 Å². The van der Waals surface area contributed by atoms with Crippen LogP contribution in [0.1, 0.15) is 31.2 Å². The Kier molecular flexibility index (Phi) is 3.69. The number of hydrogen-bond donors (Lipinski definition) is 3. The predicted molar refractivity (Wildman–Crippen MR) is 77.7 cm³/mol. The van der Waals surface area contributed by atoms with Gasteiger partial charge >= 0.3 is 0 Å². The number of anilines is 2. The number of carbonyl (C=O) groups is 2. The Bertz CT molecular complexity index is 536. The van der Waals surface area contributed by atoms with Crippen LogP contribution in [-0.4, -0.2) is 24.4 Å². The summed E-state index contributed by atoms with van der Waals surface area (Å²) < 4.78 is 0. The van der Waals surface area contributed by atoms with Gasteiger partial charge in [0.15, 0.2) is 0 Å². The van der Waals surface area contributed by atoms with Crippen molar-refractivity contribution in [3.05, 3.63) is 23.8 Å². The minimum absolute atomic E-state index is 0.0279. The first-order valence-electron chi connectivity index (χ1n) is 7.19. The van der Waals surface area contributed by atoms with Crippen LogP contribution < -0.4 is 16.0 Å². The summed E-state index contributed by atoms with van der Waals surface area (Å²) >= 11 is 0. The number of fused-ring (bicyclic) bond motifs is 1. The van der Waals surface area contributed by atoms with Gasteiger partial charge in [-0.2, -0.15) is 0 Å². The van der Waals surface area contributed by atoms with E-state index in [0.29, 0.717) is 6.42 Å². The van der Waals surface area contributed by atoms with Crippen LogP contribution in [0.3, 0.4) is 0 Å². The van der Waals surface area contributed by atoms with E-state index in [9.17, 15) is 9.59 Å². The Hall–Kier alpha value is -1.88. The zero-order chi connectivity index (χ0) is 13.9. The van der Waals surface area contributed by atoms with Crippen molar-refractivity contribution in [3.63, 3.8) is 0 Å². The molecule has 20 heavy (non-hydrogen) atoms. The SMILES string of the molecule is O=C1CCCc2cc(NC(=O)C3CCCN3)ccc2N1. The molecule has 1 fully saturated rings. The van der Waals surface area contributed by atoms with Crippen molar-refractivity contribution in [2.24, 2.45) is 0 Å². The number of nitrogens with one attached hydrogen (secondary N) is 3. The van der Waals surface area contributed by atoms with Gasteiger partial charge in [-0.15, -0.1) is 0 Å². The summed E-state index contributed by atoms with van der Waals surface area (Å²) in [5, 5.41) is 9.03. The van der Waals surface area contributed by atoms with E-state index in [1.807, 2.05) is 18.2 Å². The van der Waals surface area contributed by atoms with Gasteiger partial charge in [0, 0.05) is 17.8 Å². The summed E-state index contributed by atoms with van der Waals surface area (Å²) in [4.78, 5) is 23.6. The molecule has 0 aliphatic carbocycles. The van der Waals surface area contributed by atoms with Crippen LogP contribution >= 0.6 is 0 Å². The maximum Gasteiger partial charge on any atom is 0.241 e. The van der Waals surface area contributed by atoms with E-state index in [0.717, 1.165) is 49.2 Å². The predicted octanol–water partition coefficient (Wildman–Crippen LogP) is 1.65. The fourth-order valence-corrected chi connectivity index (χ4v) is 2.79. The van der Waals surface area contributed by atoms with E-state index in [1.165, 1.54) is 0 Å². The third kappa shape index (κ3) is 2.82. The van der Waals surface area contributed by atoms with Crippen LogP contribution in [0.15, 0.2) is 18.2 Å². The smallest absolute Gasteiger partial charge is 0.241 e. The molecule has 2 aliphatic rings. The molecule has 0 radical (unpaired) electrons. The van der Waals surface area contributed by atoms with Crippen molar-refractivity contribution in [1.82, 2.24) is 5.32 Å². The number of rotatable bonds is 2. The molecule has 5 heteroatoms. The minimum Gasteiger partial charge on any atom is -0.326 e. The molecule has 2 amide bonds. The molecule has 2 heterocycles. The Labute approximate surface area is 118 Å². The summed E-state index contributed by atoms with van der Waals surface area (Å²) in [6.45, 7) is 0.911. The summed E-state index contributed by atoms with van der Waals surface area (Å²) in [5.41, 5.74) is 2.76. The Morgan fingerprint density at radius 2 is 2.15 bits per heavy atom. The summed E-state index contributed by atoms with van der Waals surface area (Å²) in [7, 11) is 0. The van der Waals surface area contributed by atoms with Gasteiger partial charge in [-0.05, 0) is 56.0 Å². The van der Waals surface area contributed by atoms with Gasteiger partial charge in [-0.3, -0.25) is 9.59 Å². The Morgan fingerprint density at radius 1 is 1.25 bits per heavy atom. The molecule has 3 N–H and O–H groups in total. The van der Waals surface area contributed by atoms with Crippen LogP contribution in [0, 0.1) is 0 Å². The van der Waals surface area contributed by atoms with Gasteiger partial charge < -0.3 is 16.0 Å². The molecule has 1 atom stereocenters. The summed E-state index contributed by atoms with van der Waals surface area (Å²) in [6, 6.07) is 5.61. The van der Waals surface area contributed by atoms with E-state index < -0.39 is 0 Å². The zero-order valence-electron chi connectivity index (χ0n) is 11.4. The van der Waals surface area contributed by atoms with Crippen LogP contribution in [0.25, 0.3) is 0 Å². The average molecular weight is 273 g/mol. The lowest BCUT2D eigenvalue weighted by atomic mass is 10.1. The monoisotopic (exact) mass is 273 g/mol. The highest BCUT2D eigenvalue weighted by atomic mass is 16.2. The highest BCUT2D eigenvalue weighted by Gasteiger charge is 2.22. The maximum atomic E-state index is 12.1. The Balaban J connectivity index is 1.73. The average Bonchev–Trinajstić information content (AvgIpc) is 2.89. The standard InChI is InChI=1S/C15H19N3O2/c19-14-5-1-3-10-9-11(6-7-12(10)18-14)17-15(20)13-4-2-8-16-13/h6-7,9,13,16H,1-5,8H2,(H,17,20)(H,18,19). The van der Waals surface area contributed by atoms with Crippen LogP contribution in [0.2, 0.25) is 0 Å². The van der Waals surface area contributed by atoms with Gasteiger partial charge in [0.2, 0.25) is 11.8 Å². The second-order valence-corrected chi connectivity index (χ2v) is 5.41. The summed E-state index contributed by atoms with van der Waals surface area (Å²) in [5.74, 6) is 0.0933. The number of amides is 2. The highest BCUT2D eigenvalue weighted by Crippen LogP contribution is 2.25. The Morgan fingerprint density at radius 3 is 2.95 bits per heavy atom. The van der Waals surface area contributed by atoms with E-state index in [-0.39, 0.29) is 17.9 Å². The number of aryl methyl sites for hydroxylation is 1. The second-order valence-electron chi connectivity index (χ2n) is 5.41. The van der Waals surface area contributed by atoms with Gasteiger partial charge in [0.1, 0.15) is 0 Å². The molecular formula is C15H19N3O2. The van der Waals surface area contributed by atoms with Crippen LogP contribution in [0.4, 0.5) is 11.4 Å². The van der Waals surface area contributed by atoms with Crippen molar-refractivity contribution in [3.8, 4) is 0 Å². The van der Waals surface area contributed by atoms with E-state index in [2.05, 4.69) is 16.0 Å². The van der Waals surface area contributed by atoms with E-state index in [1.54, 1.807) is 0 Å². The maximum absolute atomic E-state index is 12.1. The molecule has 2 aliphatic heterocycles. The number of carbonyl (C=O) groups excluding carboxylic acids is 2. The lowest BCUT2D eigenvalue weighted by Crippen LogP contribution is -2.35. The van der Waals surface area contributed by atoms with Crippen LogP contribution in [0.5, 0.6) is 0 Å². The van der Waals surface area contributed by atoms with E-state index >= 15 is 0 Å². The van der Waals surface area contributed by atoms with Crippen molar-refractivity contribution < 1.29 is 9.59 Å². The van der Waals surface area contributed by atoms with Crippen molar-refractivity contribution >= 4 is 23.2 Å².